The van der Waals surface area contributed by atoms with Gasteiger partial charge in [-0.15, -0.1) is 13.2 Å². The number of rotatable bonds is 14. The summed E-state index contributed by atoms with van der Waals surface area (Å²) in [5.41, 5.74) is 25.1. The molecule has 0 atom stereocenters. The van der Waals surface area contributed by atoms with Gasteiger partial charge in [-0.2, -0.15) is 0 Å². The second-order valence-electron chi connectivity index (χ2n) is 21.7. The van der Waals surface area contributed by atoms with Gasteiger partial charge in [0.1, 0.15) is 11.5 Å². The average molecular weight is 1420 g/mol. The highest BCUT2D eigenvalue weighted by Crippen LogP contribution is 2.32. The number of nitrogens with two attached hydrogens (primary N) is 3. The summed E-state index contributed by atoms with van der Waals surface area (Å²) in [4.78, 5) is 91.7. The van der Waals surface area contributed by atoms with E-state index in [0.717, 1.165) is 39.9 Å². The zero-order chi connectivity index (χ0) is 72.5. The van der Waals surface area contributed by atoms with Gasteiger partial charge in [-0.3, -0.25) is 34.1 Å². The zero-order valence-corrected chi connectivity index (χ0v) is 54.8. The number of ether oxygens (including phenoxy) is 1. The number of aryl methyl sites for hydroxylation is 2. The molecule has 7 aromatic heterocycles. The van der Waals surface area contributed by atoms with Crippen LogP contribution in [-0.4, -0.2) is 99.1 Å². The first-order valence-electron chi connectivity index (χ1n) is 30.3. The first-order valence-corrected chi connectivity index (χ1v) is 32.2. The van der Waals surface area contributed by atoms with Crippen molar-refractivity contribution in [3.8, 4) is 50.8 Å². The van der Waals surface area contributed by atoms with E-state index >= 15 is 0 Å². The van der Waals surface area contributed by atoms with Crippen molar-refractivity contribution < 1.29 is 58.5 Å². The number of nitrogen functional groups attached to an aromatic ring is 3. The maximum absolute atomic E-state index is 13.2. The Morgan fingerprint density at radius 3 is 1.42 bits per heavy atom. The number of hydrogen-bond donors (Lipinski definition) is 7. The third-order valence-corrected chi connectivity index (χ3v) is 15.5. The highest BCUT2D eigenvalue weighted by Gasteiger charge is 2.32. The lowest BCUT2D eigenvalue weighted by molar-refractivity contribution is -0.274. The average Bonchev–Trinajstić information content (AvgIpc) is 1.78. The van der Waals surface area contributed by atoms with Gasteiger partial charge in [-0.25, -0.2) is 47.7 Å². The smallest absolute Gasteiger partial charge is 0.404 e. The summed E-state index contributed by atoms with van der Waals surface area (Å²) in [6.07, 6.45) is 10.8. The normalized spacial score (nSPS) is 10.7. The number of alkyl halides is 3. The van der Waals surface area contributed by atoms with E-state index in [1.807, 2.05) is 90.6 Å². The first kappa shape index (κ1) is 73.5. The van der Waals surface area contributed by atoms with Crippen LogP contribution in [0, 0.1) is 12.7 Å². The van der Waals surface area contributed by atoms with E-state index in [0.29, 0.717) is 51.1 Å². The fourth-order valence-electron chi connectivity index (χ4n) is 9.43. The molecule has 0 saturated heterocycles. The molecule has 25 nitrogen and oxygen atoms in total. The van der Waals surface area contributed by atoms with Crippen molar-refractivity contribution in [2.45, 2.75) is 25.6 Å². The molecule has 0 aliphatic rings. The number of benzene rings is 6. The molecule has 13 aromatic rings. The summed E-state index contributed by atoms with van der Waals surface area (Å²) in [5, 5.41) is 11.4. The number of amides is 4. The number of halogens is 4. The van der Waals surface area contributed by atoms with E-state index < -0.39 is 51.4 Å². The third-order valence-electron chi connectivity index (χ3n) is 14.4. The number of hydrogen-bond acceptors (Lipinski definition) is 20. The summed E-state index contributed by atoms with van der Waals surface area (Å²) < 4.78 is 79.9. The summed E-state index contributed by atoms with van der Waals surface area (Å²) in [7, 11) is -1.39. The maximum atomic E-state index is 13.2. The Balaban J connectivity index is 0.000000369. The van der Waals surface area contributed by atoms with E-state index in [1.54, 1.807) is 92.5 Å². The van der Waals surface area contributed by atoms with Crippen LogP contribution < -0.4 is 43.2 Å². The third kappa shape index (κ3) is 19.8. The molecule has 10 N–H and O–H groups in total. The van der Waals surface area contributed by atoms with E-state index in [1.165, 1.54) is 67.1 Å². The minimum absolute atomic E-state index is 0. The van der Waals surface area contributed by atoms with Gasteiger partial charge in [0.2, 0.25) is 0 Å². The summed E-state index contributed by atoms with van der Waals surface area (Å²) >= 11 is 0. The monoisotopic (exact) mass is 1420 g/mol. The fraction of sp³-hybridized carbons (Fsp3) is 0.0685. The van der Waals surface area contributed by atoms with Crippen LogP contribution in [0.25, 0.3) is 55.9 Å². The van der Waals surface area contributed by atoms with Crippen molar-refractivity contribution in [2.24, 2.45) is 7.05 Å². The molecule has 7 heterocycles. The molecule has 0 saturated carbocycles. The fourth-order valence-corrected chi connectivity index (χ4v) is 10.1. The molecule has 103 heavy (non-hydrogen) atoms. The second-order valence-corrected chi connectivity index (χ2v) is 23.8. The number of carbonyl (C=O) groups excluding carboxylic acids is 4. The minimum Gasteiger partial charge on any atom is -0.404 e. The maximum Gasteiger partial charge on any atom is 0.573 e. The van der Waals surface area contributed by atoms with Gasteiger partial charge in [0.15, 0.2) is 50.1 Å². The van der Waals surface area contributed by atoms with E-state index in [-0.39, 0.29) is 66.8 Å². The second kappa shape index (κ2) is 33.2. The quantitative estimate of drug-likeness (QED) is 0.0497. The SMILES string of the molecule is C.Cc1ncc(-c2cccnc2)nc1C(=O)Nc1cccc(S(C)(=O)=O)c1.Cn1ccc2cc(NC(=O)c3nc(-c4cccnc4)cnc3N)ccc21.Nc1ncc(-c2ccccc2)nc1C(=O)Nc1cccc(F)c1.Nc1ncc(-c2ccccc2)nc1C(=O)Nc1ccccc1OC(F)(F)F.[HH].[HH].[HH].[HH].[HH].[HH]. The predicted molar refractivity (Wildman–Crippen MR) is 397 cm³/mol. The van der Waals surface area contributed by atoms with Gasteiger partial charge >= 0.3 is 6.36 Å². The largest absolute Gasteiger partial charge is 0.573 e. The molecule has 0 fully saturated rings. The number of anilines is 7. The molecular formula is C73H74F4N18O7S. The van der Waals surface area contributed by atoms with Crippen molar-refractivity contribution in [1.82, 2.24) is 54.4 Å². The number of para-hydroxylation sites is 2. The van der Waals surface area contributed by atoms with Crippen LogP contribution in [0.5, 0.6) is 5.75 Å². The Hall–Kier alpha value is -13.8. The molecule has 13 rings (SSSR count). The van der Waals surface area contributed by atoms with Crippen molar-refractivity contribution in [1.29, 1.82) is 0 Å². The highest BCUT2D eigenvalue weighted by molar-refractivity contribution is 7.90. The molecule has 4 amide bonds. The van der Waals surface area contributed by atoms with Crippen LogP contribution in [0.4, 0.5) is 57.8 Å². The molecule has 0 radical (unpaired) electrons. The Morgan fingerprint density at radius 2 is 0.922 bits per heavy atom. The van der Waals surface area contributed by atoms with Crippen molar-refractivity contribution in [3.05, 3.63) is 272 Å². The number of carbonyl (C=O) groups is 4. The van der Waals surface area contributed by atoms with Crippen LogP contribution in [0.1, 0.15) is 63.6 Å². The molecule has 0 aliphatic carbocycles. The Morgan fingerprint density at radius 1 is 0.485 bits per heavy atom. The molecule has 0 unspecified atom stereocenters. The Bertz CT molecular complexity index is 5340. The number of sulfone groups is 1. The standard InChI is InChI=1S/C19H16N6O.C18H13F3N4O2.C18H16N4O3S.C17H13FN4O.CH4.6H2/c1-25-8-6-12-9-14(4-5-16(12)25)23-19(26)17-18(20)22-11-15(24-17)13-3-2-7-21-10-13;19-18(20,21)27-14-9-5-4-8-12(14)25-17(26)15-16(22)23-10-13(24-15)11-6-2-1-3-7-11;1-12-17(22-16(11-20-12)13-5-4-8-19-10-13)18(23)21-14-6-3-7-15(9-14)26(2,24)25;18-12-7-4-8-13(9-12)21-17(23)15-16(19)20-10-14(22-15)11-5-2-1-3-6-11;;;;;;;/h2-11H,1H3,(H2,20,22)(H,23,26);1-10H,(H2,22,23)(H,25,26);3-11H,1-2H3,(H,21,23);1-10H,(H2,19,20)(H,21,23);1H4;6*1H. The topological polar surface area (TPSA) is 372 Å². The van der Waals surface area contributed by atoms with Gasteiger partial charge in [0.05, 0.1) is 63.8 Å². The number of nitrogens with zero attached hydrogens (tertiary/aromatic N) is 11. The zero-order valence-electron chi connectivity index (χ0n) is 53.9. The van der Waals surface area contributed by atoms with E-state index in [9.17, 15) is 45.2 Å². The summed E-state index contributed by atoms with van der Waals surface area (Å²) in [6, 6.07) is 50.0. The predicted octanol–water partition coefficient (Wildman–Crippen LogP) is 14.5. The van der Waals surface area contributed by atoms with Crippen molar-refractivity contribution in [2.75, 3.05) is 44.7 Å². The van der Waals surface area contributed by atoms with E-state index in [2.05, 4.69) is 75.8 Å². The lowest BCUT2D eigenvalue weighted by Gasteiger charge is -2.14. The molecule has 0 aliphatic heterocycles. The van der Waals surface area contributed by atoms with Gasteiger partial charge in [-0.05, 0) is 104 Å². The van der Waals surface area contributed by atoms with Crippen LogP contribution in [0.3, 0.4) is 0 Å². The Labute approximate surface area is 595 Å². The highest BCUT2D eigenvalue weighted by atomic mass is 32.2. The number of fused-ring (bicyclic) bond motifs is 1. The van der Waals surface area contributed by atoms with Crippen LogP contribution in [0.2, 0.25) is 0 Å². The minimum atomic E-state index is -4.90. The van der Waals surface area contributed by atoms with Crippen molar-refractivity contribution >= 4 is 84.6 Å². The van der Waals surface area contributed by atoms with Gasteiger partial charge < -0.3 is 47.8 Å². The number of aromatic nitrogens is 11. The molecule has 30 heteroatoms. The molecule has 0 bridgehead atoms. The summed E-state index contributed by atoms with van der Waals surface area (Å²) in [6.45, 7) is 1.68. The number of pyridine rings is 2. The molecule has 532 valence electrons. The van der Waals surface area contributed by atoms with Gasteiger partial charge in [-0.1, -0.05) is 92.4 Å². The molecule has 0 spiro atoms. The van der Waals surface area contributed by atoms with Gasteiger partial charge in [0, 0.05) is 103 Å². The van der Waals surface area contributed by atoms with Crippen LogP contribution >= 0.6 is 0 Å². The first-order chi connectivity index (χ1) is 48.9. The van der Waals surface area contributed by atoms with E-state index in [4.69, 9.17) is 17.2 Å². The van der Waals surface area contributed by atoms with Crippen LogP contribution in [-0.2, 0) is 16.9 Å². The summed E-state index contributed by atoms with van der Waals surface area (Å²) in [5.74, 6) is -3.28. The lowest BCUT2D eigenvalue weighted by atomic mass is 10.1. The van der Waals surface area contributed by atoms with Crippen LogP contribution in [0.15, 0.2) is 243 Å². The lowest BCUT2D eigenvalue weighted by Crippen LogP contribution is -2.21. The molecule has 6 aromatic carbocycles. The van der Waals surface area contributed by atoms with Gasteiger partial charge in [0.25, 0.3) is 23.6 Å². The number of nitrogens with one attached hydrogen (secondary N) is 4. The Kier molecular flexibility index (Phi) is 23.7. The molecular weight excluding hydrogens is 1350 g/mol. The van der Waals surface area contributed by atoms with Crippen molar-refractivity contribution in [3.63, 3.8) is 0 Å².